The van der Waals surface area contributed by atoms with E-state index in [2.05, 4.69) is 21.2 Å². The lowest BCUT2D eigenvalue weighted by Gasteiger charge is -2.26. The Balaban J connectivity index is 2.09. The number of ether oxygens (including phenoxy) is 1. The van der Waals surface area contributed by atoms with E-state index in [4.69, 9.17) is 9.84 Å². The molecule has 1 aliphatic rings. The smallest absolute Gasteiger partial charge is 0.321 e. The van der Waals surface area contributed by atoms with Crippen LogP contribution < -0.4 is 5.32 Å². The molecule has 0 bridgehead atoms. The van der Waals surface area contributed by atoms with Crippen molar-refractivity contribution in [1.29, 1.82) is 0 Å². The predicted octanol–water partition coefficient (Wildman–Crippen LogP) is 2.32. The van der Waals surface area contributed by atoms with Crippen LogP contribution in [0, 0.1) is 12.8 Å². The number of urea groups is 1. The van der Waals surface area contributed by atoms with Gasteiger partial charge < -0.3 is 20.1 Å². The summed E-state index contributed by atoms with van der Waals surface area (Å²) in [6, 6.07) is 4.77. The van der Waals surface area contributed by atoms with Gasteiger partial charge >= 0.3 is 12.0 Å². The lowest BCUT2D eigenvalue weighted by atomic mass is 10.0. The molecule has 1 heterocycles. The second-order valence-electron chi connectivity index (χ2n) is 5.05. The number of hydrogen-bond acceptors (Lipinski definition) is 3. The predicted molar refractivity (Wildman–Crippen MR) is 81.4 cm³/mol. The number of nitrogens with zero attached hydrogens (tertiary/aromatic N) is 1. The first-order valence-electron chi connectivity index (χ1n) is 6.50. The molecule has 7 heteroatoms. The molecule has 1 fully saturated rings. The maximum atomic E-state index is 12.3. The summed E-state index contributed by atoms with van der Waals surface area (Å²) in [5.41, 5.74) is 1.62. The Morgan fingerprint density at radius 3 is 2.81 bits per heavy atom. The summed E-state index contributed by atoms with van der Waals surface area (Å²) < 4.78 is 6.05. The highest BCUT2D eigenvalue weighted by atomic mass is 79.9. The van der Waals surface area contributed by atoms with E-state index in [1.807, 2.05) is 19.1 Å². The standard InChI is InChI=1S/C14H17BrN2O4/c1-8-3-4-9(15)5-11(8)16-14(20)17(2)12-7-21-6-10(12)13(18)19/h3-5,10,12H,6-7H2,1-2H3,(H,16,20)(H,18,19). The number of aryl methyl sites for hydroxylation is 1. The average Bonchev–Trinajstić information content (AvgIpc) is 2.91. The van der Waals surface area contributed by atoms with Crippen molar-refractivity contribution in [2.24, 2.45) is 5.92 Å². The van der Waals surface area contributed by atoms with Gasteiger partial charge in [-0.2, -0.15) is 0 Å². The number of nitrogens with one attached hydrogen (secondary N) is 1. The molecule has 2 N–H and O–H groups in total. The van der Waals surface area contributed by atoms with Crippen LogP contribution in [0.1, 0.15) is 5.56 Å². The monoisotopic (exact) mass is 356 g/mol. The van der Waals surface area contributed by atoms with E-state index in [-0.39, 0.29) is 19.2 Å². The molecule has 0 aromatic heterocycles. The third-order valence-corrected chi connectivity index (χ3v) is 4.12. The lowest BCUT2D eigenvalue weighted by Crippen LogP contribution is -2.46. The van der Waals surface area contributed by atoms with Gasteiger partial charge in [-0.1, -0.05) is 22.0 Å². The zero-order chi connectivity index (χ0) is 15.6. The van der Waals surface area contributed by atoms with Gasteiger partial charge in [0.1, 0.15) is 5.92 Å². The first-order chi connectivity index (χ1) is 9.90. The van der Waals surface area contributed by atoms with E-state index in [0.29, 0.717) is 5.69 Å². The third kappa shape index (κ3) is 3.54. The van der Waals surface area contributed by atoms with E-state index < -0.39 is 17.9 Å². The lowest BCUT2D eigenvalue weighted by molar-refractivity contribution is -0.142. The van der Waals surface area contributed by atoms with Crippen molar-refractivity contribution in [3.63, 3.8) is 0 Å². The summed E-state index contributed by atoms with van der Waals surface area (Å²) in [5, 5.41) is 11.9. The zero-order valence-corrected chi connectivity index (χ0v) is 13.4. The van der Waals surface area contributed by atoms with Crippen molar-refractivity contribution in [2.75, 3.05) is 25.6 Å². The molecule has 1 aromatic rings. The molecule has 1 saturated heterocycles. The van der Waals surface area contributed by atoms with E-state index in [1.54, 1.807) is 13.1 Å². The molecular formula is C14H17BrN2O4. The van der Waals surface area contributed by atoms with Crippen molar-refractivity contribution in [1.82, 2.24) is 4.90 Å². The third-order valence-electron chi connectivity index (χ3n) is 3.63. The van der Waals surface area contributed by atoms with Crippen molar-refractivity contribution in [3.8, 4) is 0 Å². The molecule has 0 spiro atoms. The quantitative estimate of drug-likeness (QED) is 0.870. The second-order valence-corrected chi connectivity index (χ2v) is 5.97. The number of rotatable bonds is 3. The van der Waals surface area contributed by atoms with Gasteiger partial charge in [0, 0.05) is 17.2 Å². The van der Waals surface area contributed by atoms with Gasteiger partial charge in [-0.15, -0.1) is 0 Å². The number of anilines is 1. The van der Waals surface area contributed by atoms with Crippen LogP contribution >= 0.6 is 15.9 Å². The molecule has 0 saturated carbocycles. The van der Waals surface area contributed by atoms with Gasteiger partial charge in [-0.25, -0.2) is 4.79 Å². The van der Waals surface area contributed by atoms with Crippen molar-refractivity contribution >= 4 is 33.6 Å². The SMILES string of the molecule is Cc1ccc(Br)cc1NC(=O)N(C)C1COCC1C(=O)O. The average molecular weight is 357 g/mol. The van der Waals surface area contributed by atoms with E-state index in [9.17, 15) is 9.59 Å². The van der Waals surface area contributed by atoms with Gasteiger partial charge in [0.15, 0.2) is 0 Å². The molecule has 2 rings (SSSR count). The molecule has 0 radical (unpaired) electrons. The van der Waals surface area contributed by atoms with Crippen LogP contribution in [0.25, 0.3) is 0 Å². The van der Waals surface area contributed by atoms with Gasteiger partial charge in [-0.3, -0.25) is 4.79 Å². The molecule has 6 nitrogen and oxygen atoms in total. The number of halogens is 1. The Morgan fingerprint density at radius 1 is 1.43 bits per heavy atom. The molecule has 1 aliphatic heterocycles. The number of hydrogen-bond donors (Lipinski definition) is 2. The molecule has 0 aliphatic carbocycles. The fraction of sp³-hybridized carbons (Fsp3) is 0.429. The van der Waals surface area contributed by atoms with E-state index in [0.717, 1.165) is 10.0 Å². The van der Waals surface area contributed by atoms with Crippen LogP contribution in [0.5, 0.6) is 0 Å². The summed E-state index contributed by atoms with van der Waals surface area (Å²) in [5.74, 6) is -1.64. The Bertz CT molecular complexity index is 564. The Kier molecular flexibility index (Phi) is 4.84. The van der Waals surface area contributed by atoms with Crippen molar-refractivity contribution < 1.29 is 19.4 Å². The zero-order valence-electron chi connectivity index (χ0n) is 11.8. The highest BCUT2D eigenvalue weighted by Crippen LogP contribution is 2.23. The van der Waals surface area contributed by atoms with Gasteiger partial charge in [0.25, 0.3) is 0 Å². The number of aliphatic carboxylic acids is 1. The van der Waals surface area contributed by atoms with Crippen LogP contribution in [-0.4, -0.2) is 48.3 Å². The van der Waals surface area contributed by atoms with Crippen molar-refractivity contribution in [2.45, 2.75) is 13.0 Å². The first-order valence-corrected chi connectivity index (χ1v) is 7.30. The number of carboxylic acids is 1. The Hall–Kier alpha value is -1.60. The highest BCUT2D eigenvalue weighted by Gasteiger charge is 2.38. The molecule has 1 aromatic carbocycles. The van der Waals surface area contributed by atoms with E-state index >= 15 is 0 Å². The molecule has 114 valence electrons. The number of amides is 2. The molecule has 2 unspecified atom stereocenters. The number of carbonyl (C=O) groups excluding carboxylic acids is 1. The van der Waals surface area contributed by atoms with Gasteiger partial charge in [0.2, 0.25) is 0 Å². The molecular weight excluding hydrogens is 340 g/mol. The maximum Gasteiger partial charge on any atom is 0.321 e. The van der Waals surface area contributed by atoms with Crippen LogP contribution in [0.15, 0.2) is 22.7 Å². The van der Waals surface area contributed by atoms with Gasteiger partial charge in [0.05, 0.1) is 19.3 Å². The summed E-state index contributed by atoms with van der Waals surface area (Å²) in [6.07, 6.45) is 0. The van der Waals surface area contributed by atoms with Gasteiger partial charge in [-0.05, 0) is 24.6 Å². The Morgan fingerprint density at radius 2 is 2.14 bits per heavy atom. The van der Waals surface area contributed by atoms with Crippen LogP contribution in [0.2, 0.25) is 0 Å². The minimum Gasteiger partial charge on any atom is -0.481 e. The van der Waals surface area contributed by atoms with Crippen LogP contribution in [-0.2, 0) is 9.53 Å². The topological polar surface area (TPSA) is 78.9 Å². The van der Waals surface area contributed by atoms with Crippen LogP contribution in [0.4, 0.5) is 10.5 Å². The summed E-state index contributed by atoms with van der Waals surface area (Å²) in [4.78, 5) is 24.8. The molecule has 2 atom stereocenters. The summed E-state index contributed by atoms with van der Waals surface area (Å²) >= 11 is 3.36. The normalized spacial score (nSPS) is 21.1. The number of carboxylic acid groups (broad SMARTS) is 1. The summed E-state index contributed by atoms with van der Waals surface area (Å²) in [7, 11) is 1.58. The fourth-order valence-electron chi connectivity index (χ4n) is 2.24. The number of likely N-dealkylation sites (N-methyl/N-ethyl adjacent to an activating group) is 1. The fourth-order valence-corrected chi connectivity index (χ4v) is 2.60. The summed E-state index contributed by atoms with van der Waals surface area (Å²) in [6.45, 7) is 2.26. The Labute approximate surface area is 131 Å². The minimum atomic E-state index is -0.948. The second kappa shape index (κ2) is 6.44. The molecule has 21 heavy (non-hydrogen) atoms. The van der Waals surface area contributed by atoms with Crippen molar-refractivity contribution in [3.05, 3.63) is 28.2 Å². The van der Waals surface area contributed by atoms with Crippen LogP contribution in [0.3, 0.4) is 0 Å². The first kappa shape index (κ1) is 15.8. The highest BCUT2D eigenvalue weighted by molar-refractivity contribution is 9.10. The maximum absolute atomic E-state index is 12.3. The number of benzene rings is 1. The molecule has 2 amide bonds. The largest absolute Gasteiger partial charge is 0.481 e. The minimum absolute atomic E-state index is 0.132. The number of carbonyl (C=O) groups is 2. The van der Waals surface area contributed by atoms with E-state index in [1.165, 1.54) is 4.90 Å².